The van der Waals surface area contributed by atoms with E-state index < -0.39 is 10.8 Å². The predicted octanol–water partition coefficient (Wildman–Crippen LogP) is 5.35. The summed E-state index contributed by atoms with van der Waals surface area (Å²) in [6, 6.07) is 26.6. The topological polar surface area (TPSA) is 29.3 Å². The fraction of sp³-hybridized carbons (Fsp3) is 0.280. The van der Waals surface area contributed by atoms with Crippen LogP contribution in [0.5, 0.6) is 5.75 Å². The van der Waals surface area contributed by atoms with E-state index in [2.05, 4.69) is 49.1 Å². The zero-order valence-corrected chi connectivity index (χ0v) is 18.0. The van der Waals surface area contributed by atoms with E-state index in [4.69, 9.17) is 4.74 Å². The Balaban J connectivity index is 1.66. The molecule has 29 heavy (non-hydrogen) atoms. The maximum Gasteiger partial charge on any atom is 0.142 e. The predicted molar refractivity (Wildman–Crippen MR) is 120 cm³/mol. The highest BCUT2D eigenvalue weighted by Gasteiger charge is 2.62. The van der Waals surface area contributed by atoms with E-state index >= 15 is 0 Å². The maximum atomic E-state index is 13.6. The van der Waals surface area contributed by atoms with Crippen LogP contribution in [0, 0.1) is 6.92 Å². The number of aryl methyl sites for hydroxylation is 2. The summed E-state index contributed by atoms with van der Waals surface area (Å²) in [5, 5.41) is -0.0785. The summed E-state index contributed by atoms with van der Waals surface area (Å²) >= 11 is 0. The first-order chi connectivity index (χ1) is 14.0. The Morgan fingerprint density at radius 2 is 1.62 bits per heavy atom. The van der Waals surface area contributed by atoms with Crippen LogP contribution in [-0.2, 0) is 17.2 Å². The SMILES string of the molecule is COc1ccccc1N1[C@@H]([S@](=O)c2ccc(C)cc2)[C@@]1(C)CCc1ccccc1. The Bertz CT molecular complexity index is 1000. The standard InChI is InChI=1S/C25H27NO2S/c1-19-13-15-21(16-14-19)29(27)24-25(2,18-17-20-9-5-4-6-10-20)26(24)22-11-7-8-12-23(22)28-3/h4-16,24H,17-18H2,1-3H3/t24-,25+,26?,29+/m0/s1. The minimum absolute atomic E-state index is 0.0785. The van der Waals surface area contributed by atoms with Crippen LogP contribution in [0.2, 0.25) is 0 Å². The van der Waals surface area contributed by atoms with E-state index in [1.807, 2.05) is 48.5 Å². The minimum atomic E-state index is -1.13. The molecule has 4 rings (SSSR count). The highest BCUT2D eigenvalue weighted by Crippen LogP contribution is 2.53. The van der Waals surface area contributed by atoms with Gasteiger partial charge in [0, 0.05) is 4.90 Å². The summed E-state index contributed by atoms with van der Waals surface area (Å²) in [5.74, 6) is 0.821. The highest BCUT2D eigenvalue weighted by atomic mass is 32.2. The van der Waals surface area contributed by atoms with E-state index in [0.717, 1.165) is 29.2 Å². The van der Waals surface area contributed by atoms with Gasteiger partial charge in [0.05, 0.1) is 29.1 Å². The summed E-state index contributed by atoms with van der Waals surface area (Å²) < 4.78 is 19.2. The van der Waals surface area contributed by atoms with Gasteiger partial charge in [-0.2, -0.15) is 0 Å². The Morgan fingerprint density at radius 1 is 0.966 bits per heavy atom. The molecule has 150 valence electrons. The molecule has 0 saturated carbocycles. The molecule has 3 aromatic rings. The van der Waals surface area contributed by atoms with E-state index in [0.29, 0.717) is 0 Å². The number of rotatable bonds is 7. The molecule has 0 aromatic heterocycles. The van der Waals surface area contributed by atoms with Gasteiger partial charge in [-0.25, -0.2) is 0 Å². The zero-order valence-electron chi connectivity index (χ0n) is 17.2. The first-order valence-corrected chi connectivity index (χ1v) is 11.2. The molecule has 3 atom stereocenters. The van der Waals surface area contributed by atoms with Crippen molar-refractivity contribution >= 4 is 16.5 Å². The van der Waals surface area contributed by atoms with Gasteiger partial charge in [0.2, 0.25) is 0 Å². The molecule has 0 unspecified atom stereocenters. The van der Waals surface area contributed by atoms with Gasteiger partial charge < -0.3 is 9.64 Å². The second-order valence-electron chi connectivity index (χ2n) is 7.85. The molecule has 0 N–H and O–H groups in total. The molecule has 0 aliphatic carbocycles. The zero-order chi connectivity index (χ0) is 20.4. The van der Waals surface area contributed by atoms with E-state index in [1.54, 1.807) is 7.11 Å². The second-order valence-corrected chi connectivity index (χ2v) is 9.36. The van der Waals surface area contributed by atoms with Crippen LogP contribution in [0.25, 0.3) is 0 Å². The molecule has 1 fully saturated rings. The number of hydrogen-bond acceptors (Lipinski definition) is 3. The molecule has 3 nitrogen and oxygen atoms in total. The number of para-hydroxylation sites is 2. The first-order valence-electron chi connectivity index (χ1n) is 9.98. The van der Waals surface area contributed by atoms with Crippen molar-refractivity contribution in [1.82, 2.24) is 0 Å². The third-order valence-corrected chi connectivity index (χ3v) is 7.67. The molecular weight excluding hydrogens is 378 g/mol. The summed E-state index contributed by atoms with van der Waals surface area (Å²) in [6.07, 6.45) is 1.88. The van der Waals surface area contributed by atoms with Crippen molar-refractivity contribution in [2.75, 3.05) is 12.0 Å². The van der Waals surface area contributed by atoms with Gasteiger partial charge in [0.1, 0.15) is 11.1 Å². The van der Waals surface area contributed by atoms with Gasteiger partial charge in [-0.05, 0) is 56.5 Å². The van der Waals surface area contributed by atoms with Gasteiger partial charge >= 0.3 is 0 Å². The smallest absolute Gasteiger partial charge is 0.142 e. The third kappa shape index (κ3) is 3.82. The van der Waals surface area contributed by atoms with Crippen LogP contribution in [0.3, 0.4) is 0 Å². The van der Waals surface area contributed by atoms with Crippen LogP contribution in [0.4, 0.5) is 5.69 Å². The van der Waals surface area contributed by atoms with Crippen molar-refractivity contribution in [2.24, 2.45) is 0 Å². The van der Waals surface area contributed by atoms with Crippen molar-refractivity contribution in [3.05, 3.63) is 90.0 Å². The summed E-state index contributed by atoms with van der Waals surface area (Å²) in [5.41, 5.74) is 3.30. The van der Waals surface area contributed by atoms with Gasteiger partial charge in [-0.15, -0.1) is 0 Å². The molecule has 3 aromatic carbocycles. The third-order valence-electron chi connectivity index (χ3n) is 5.81. The normalized spacial score (nSPS) is 21.6. The van der Waals surface area contributed by atoms with Gasteiger partial charge in [0.15, 0.2) is 0 Å². The van der Waals surface area contributed by atoms with Crippen molar-refractivity contribution in [1.29, 1.82) is 0 Å². The van der Waals surface area contributed by atoms with Crippen molar-refractivity contribution < 1.29 is 8.95 Å². The number of anilines is 1. The number of benzene rings is 3. The average molecular weight is 406 g/mol. The maximum absolute atomic E-state index is 13.6. The van der Waals surface area contributed by atoms with E-state index in [9.17, 15) is 4.21 Å². The van der Waals surface area contributed by atoms with E-state index in [1.165, 1.54) is 11.1 Å². The Hall–Kier alpha value is -2.59. The van der Waals surface area contributed by atoms with Gasteiger partial charge in [-0.3, -0.25) is 4.21 Å². The lowest BCUT2D eigenvalue weighted by molar-refractivity contribution is 0.415. The Labute approximate surface area is 175 Å². The lowest BCUT2D eigenvalue weighted by Crippen LogP contribution is -2.16. The van der Waals surface area contributed by atoms with Crippen molar-refractivity contribution in [3.8, 4) is 5.75 Å². The summed E-state index contributed by atoms with van der Waals surface area (Å²) in [6.45, 7) is 4.27. The summed E-state index contributed by atoms with van der Waals surface area (Å²) in [4.78, 5) is 3.16. The molecule has 0 amide bonds. The highest BCUT2D eigenvalue weighted by molar-refractivity contribution is 7.86. The Kier molecular flexibility index (Phi) is 5.46. The number of methoxy groups -OCH3 is 1. The molecule has 4 heteroatoms. The molecule has 1 aliphatic heterocycles. The molecule has 0 radical (unpaired) electrons. The molecule has 1 aliphatic rings. The monoisotopic (exact) mass is 405 g/mol. The van der Waals surface area contributed by atoms with Crippen LogP contribution in [0.1, 0.15) is 24.5 Å². The molecule has 0 bridgehead atoms. The van der Waals surface area contributed by atoms with Crippen molar-refractivity contribution in [2.45, 2.75) is 42.5 Å². The minimum Gasteiger partial charge on any atom is -0.495 e. The average Bonchev–Trinajstić information content (AvgIpc) is 3.38. The number of ether oxygens (including phenoxy) is 1. The second kappa shape index (κ2) is 8.03. The largest absolute Gasteiger partial charge is 0.495 e. The van der Waals surface area contributed by atoms with E-state index in [-0.39, 0.29) is 10.9 Å². The number of nitrogens with zero attached hydrogens (tertiary/aromatic N) is 1. The molecule has 1 heterocycles. The first kappa shape index (κ1) is 19.7. The molecule has 0 spiro atoms. The fourth-order valence-electron chi connectivity index (χ4n) is 4.04. The quantitative estimate of drug-likeness (QED) is 0.496. The van der Waals surface area contributed by atoms with Crippen LogP contribution < -0.4 is 9.64 Å². The van der Waals surface area contributed by atoms with Crippen LogP contribution >= 0.6 is 0 Å². The summed E-state index contributed by atoms with van der Waals surface area (Å²) in [7, 11) is 0.560. The lowest BCUT2D eigenvalue weighted by atomic mass is 10.0. The fourth-order valence-corrected chi connectivity index (χ4v) is 5.88. The molecule has 1 saturated heterocycles. The van der Waals surface area contributed by atoms with Crippen LogP contribution in [-0.4, -0.2) is 22.2 Å². The van der Waals surface area contributed by atoms with Gasteiger partial charge in [0.25, 0.3) is 0 Å². The Morgan fingerprint density at radius 3 is 2.31 bits per heavy atom. The van der Waals surface area contributed by atoms with Crippen LogP contribution in [0.15, 0.2) is 83.8 Å². The number of hydrogen-bond donors (Lipinski definition) is 0. The lowest BCUT2D eigenvalue weighted by Gasteiger charge is -2.15. The van der Waals surface area contributed by atoms with Gasteiger partial charge in [-0.1, -0.05) is 60.2 Å². The van der Waals surface area contributed by atoms with Crippen molar-refractivity contribution in [3.63, 3.8) is 0 Å². The molecular formula is C25H27NO2S.